The summed E-state index contributed by atoms with van der Waals surface area (Å²) in [6.07, 6.45) is 14.5. The molecule has 6 heteroatoms. The fourth-order valence-electron chi connectivity index (χ4n) is 2.82. The molecule has 0 saturated heterocycles. The molecule has 0 heterocycles. The second-order valence-electron chi connectivity index (χ2n) is 6.50. The van der Waals surface area contributed by atoms with Gasteiger partial charge in [0.2, 0.25) is 0 Å². The van der Waals surface area contributed by atoms with E-state index < -0.39 is 10.2 Å². The van der Waals surface area contributed by atoms with Crippen molar-refractivity contribution >= 4 is 10.9 Å². The van der Waals surface area contributed by atoms with E-state index in [9.17, 15) is 0 Å². The number of benzene rings is 1. The van der Waals surface area contributed by atoms with E-state index >= 15 is 0 Å². The average molecular weight is 391 g/mol. The van der Waals surface area contributed by atoms with Gasteiger partial charge in [0.1, 0.15) is 11.0 Å². The summed E-state index contributed by atoms with van der Waals surface area (Å²) in [5.41, 5.74) is 0. The largest absolute Gasteiger partial charge is 0.222 e. The first-order valence-corrected chi connectivity index (χ1v) is 12.0. The first-order valence-electron chi connectivity index (χ1n) is 9.28. The van der Waals surface area contributed by atoms with Crippen LogP contribution in [0.15, 0.2) is 35.2 Å². The Balaban J connectivity index is 0.000000550. The van der Waals surface area contributed by atoms with Crippen molar-refractivity contribution in [3.8, 4) is 0 Å². The molecule has 1 aromatic carbocycles. The molecule has 25 heavy (non-hydrogen) atoms. The molecule has 2 rings (SSSR count). The third-order valence-electron chi connectivity index (χ3n) is 4.19. The van der Waals surface area contributed by atoms with Gasteiger partial charge in [0.05, 0.1) is 0 Å². The van der Waals surface area contributed by atoms with Crippen LogP contribution in [0.5, 0.6) is 0 Å². The van der Waals surface area contributed by atoms with E-state index in [1.165, 1.54) is 70.0 Å². The highest BCUT2D eigenvalue weighted by Gasteiger charge is 2.41. The van der Waals surface area contributed by atoms with Gasteiger partial charge < -0.3 is 0 Å². The smallest absolute Gasteiger partial charge is 0.155 e. The van der Waals surface area contributed by atoms with E-state index in [2.05, 4.69) is 37.3 Å². The quantitative estimate of drug-likeness (QED) is 0.419. The lowest BCUT2D eigenvalue weighted by molar-refractivity contribution is -2.00. The van der Waals surface area contributed by atoms with Gasteiger partial charge in [-0.2, -0.15) is 0 Å². The van der Waals surface area contributed by atoms with Gasteiger partial charge in [-0.1, -0.05) is 63.6 Å². The molecule has 0 aliphatic heterocycles. The molecule has 1 aliphatic carbocycles. The van der Waals surface area contributed by atoms with Crippen LogP contribution in [-0.4, -0.2) is 11.0 Å². The molecular formula is C19H31ClO4S. The maximum Gasteiger partial charge on any atom is 0.155 e. The lowest BCUT2D eigenvalue weighted by Gasteiger charge is -2.17. The first-order chi connectivity index (χ1) is 11.9. The van der Waals surface area contributed by atoms with Crippen molar-refractivity contribution < 1.29 is 28.9 Å². The van der Waals surface area contributed by atoms with E-state index in [4.69, 9.17) is 18.6 Å². The highest BCUT2D eigenvalue weighted by Crippen LogP contribution is 2.36. The predicted molar refractivity (Wildman–Crippen MR) is 92.6 cm³/mol. The van der Waals surface area contributed by atoms with Crippen LogP contribution >= 0.6 is 0 Å². The van der Waals surface area contributed by atoms with Gasteiger partial charge in [-0.05, 0) is 25.0 Å². The Labute approximate surface area is 157 Å². The Morgan fingerprint density at radius 2 is 1.32 bits per heavy atom. The second kappa shape index (κ2) is 13.0. The average Bonchev–Trinajstić information content (AvgIpc) is 3.37. The molecule has 0 spiro atoms. The molecule has 1 unspecified atom stereocenters. The van der Waals surface area contributed by atoms with Crippen LogP contribution in [0.3, 0.4) is 0 Å². The molecular weight excluding hydrogens is 360 g/mol. The molecule has 144 valence electrons. The van der Waals surface area contributed by atoms with Gasteiger partial charge in [-0.3, -0.25) is 0 Å². The van der Waals surface area contributed by atoms with Crippen LogP contribution in [0, 0.1) is 10.2 Å². The van der Waals surface area contributed by atoms with E-state index in [1.807, 2.05) is 0 Å². The number of unbranched alkanes of at least 4 members (excludes halogenated alkanes) is 7. The fraction of sp³-hybridized carbons (Fsp3) is 0.684. The molecule has 0 amide bonds. The number of hydrogen-bond acceptors (Lipinski definition) is 4. The molecule has 1 fully saturated rings. The predicted octanol–water partition coefficient (Wildman–Crippen LogP) is 1.21. The van der Waals surface area contributed by atoms with Crippen LogP contribution < -0.4 is 18.6 Å². The van der Waals surface area contributed by atoms with Crippen LogP contribution in [0.4, 0.5) is 0 Å². The second-order valence-corrected chi connectivity index (χ2v) is 9.66. The molecule has 1 aliphatic rings. The first kappa shape index (κ1) is 22.7. The standard InChI is InChI=1S/C19H31S.ClHO4/c1-2-3-4-5-6-7-8-12-17-20(19-15-16-19)18-13-10-9-11-14-18;2-1(3,4)5/h9-11,13-14,19H,2-8,12,15-17H2,1H3;(H,2,3,4,5)/q+1;/p-1. The van der Waals surface area contributed by atoms with Crippen molar-refractivity contribution in [3.05, 3.63) is 30.3 Å². The minimum absolute atomic E-state index is 0.561. The Morgan fingerprint density at radius 3 is 1.80 bits per heavy atom. The number of hydrogen-bond donors (Lipinski definition) is 0. The summed E-state index contributed by atoms with van der Waals surface area (Å²) in [6.45, 7) is 2.29. The van der Waals surface area contributed by atoms with E-state index in [0.29, 0.717) is 10.9 Å². The van der Waals surface area contributed by atoms with Crippen molar-refractivity contribution in [3.63, 3.8) is 0 Å². The van der Waals surface area contributed by atoms with Crippen LogP contribution in [0.2, 0.25) is 0 Å². The van der Waals surface area contributed by atoms with E-state index in [0.717, 1.165) is 5.25 Å². The van der Waals surface area contributed by atoms with Gasteiger partial charge in [-0.25, -0.2) is 18.6 Å². The van der Waals surface area contributed by atoms with Gasteiger partial charge >= 0.3 is 0 Å². The monoisotopic (exact) mass is 390 g/mol. The SMILES string of the molecule is CCCCCCCCCC[S+](c1ccccc1)C1CC1.[O-][Cl+3]([O-])([O-])[O-]. The molecule has 1 aromatic rings. The van der Waals surface area contributed by atoms with Crippen LogP contribution in [0.1, 0.15) is 71.1 Å². The summed E-state index contributed by atoms with van der Waals surface area (Å²) in [5, 5.41) is 1.03. The molecule has 0 bridgehead atoms. The Hall–Kier alpha value is -0.300. The lowest BCUT2D eigenvalue weighted by Crippen LogP contribution is -2.68. The van der Waals surface area contributed by atoms with Crippen molar-refractivity contribution in [1.29, 1.82) is 0 Å². The highest BCUT2D eigenvalue weighted by atomic mass is 35.7. The normalized spacial score (nSPS) is 15.4. The van der Waals surface area contributed by atoms with E-state index in [-0.39, 0.29) is 0 Å². The number of rotatable bonds is 11. The van der Waals surface area contributed by atoms with Crippen molar-refractivity contribution in [2.75, 3.05) is 5.75 Å². The minimum Gasteiger partial charge on any atom is -0.222 e. The van der Waals surface area contributed by atoms with Gasteiger partial charge in [0.15, 0.2) is 4.90 Å². The highest BCUT2D eigenvalue weighted by molar-refractivity contribution is 7.97. The maximum atomic E-state index is 8.49. The molecule has 0 N–H and O–H groups in total. The summed E-state index contributed by atoms with van der Waals surface area (Å²) >= 11 is 0. The number of halogens is 1. The molecule has 1 atom stereocenters. The minimum atomic E-state index is -4.94. The van der Waals surface area contributed by atoms with Crippen molar-refractivity contribution in [2.45, 2.75) is 81.3 Å². The Morgan fingerprint density at radius 1 is 0.840 bits per heavy atom. The zero-order valence-electron chi connectivity index (χ0n) is 15.2. The molecule has 4 nitrogen and oxygen atoms in total. The summed E-state index contributed by atoms with van der Waals surface area (Å²) in [6, 6.07) is 11.3. The maximum absolute atomic E-state index is 8.49. The summed E-state index contributed by atoms with van der Waals surface area (Å²) in [7, 11) is -4.38. The third-order valence-corrected chi connectivity index (χ3v) is 7.07. The van der Waals surface area contributed by atoms with Crippen molar-refractivity contribution in [1.82, 2.24) is 0 Å². The van der Waals surface area contributed by atoms with Crippen LogP contribution in [-0.2, 0) is 10.9 Å². The van der Waals surface area contributed by atoms with E-state index in [1.54, 1.807) is 4.90 Å². The fourth-order valence-corrected chi connectivity index (χ4v) is 5.50. The Bertz CT molecular complexity index is 429. The van der Waals surface area contributed by atoms with Gasteiger partial charge in [0, 0.05) is 23.7 Å². The van der Waals surface area contributed by atoms with Crippen LogP contribution in [0.25, 0.3) is 0 Å². The van der Waals surface area contributed by atoms with Crippen molar-refractivity contribution in [2.24, 2.45) is 0 Å². The topological polar surface area (TPSA) is 92.2 Å². The molecule has 0 aromatic heterocycles. The molecule has 0 radical (unpaired) electrons. The lowest BCUT2D eigenvalue weighted by atomic mass is 10.1. The third kappa shape index (κ3) is 13.5. The van der Waals surface area contributed by atoms with Gasteiger partial charge in [-0.15, -0.1) is 10.2 Å². The summed E-state index contributed by atoms with van der Waals surface area (Å²) < 4.78 is 34.0. The summed E-state index contributed by atoms with van der Waals surface area (Å²) in [4.78, 5) is 1.62. The zero-order valence-corrected chi connectivity index (χ0v) is 16.7. The Kier molecular flexibility index (Phi) is 11.8. The summed E-state index contributed by atoms with van der Waals surface area (Å²) in [5.74, 6) is 1.45. The zero-order chi connectivity index (χ0) is 18.5. The van der Waals surface area contributed by atoms with Gasteiger partial charge in [0.25, 0.3) is 0 Å². The molecule has 1 saturated carbocycles.